The topological polar surface area (TPSA) is 35.2 Å². The summed E-state index contributed by atoms with van der Waals surface area (Å²) in [7, 11) is 0. The molecule has 0 bridgehead atoms. The Morgan fingerprint density at radius 2 is 1.94 bits per heavy atom. The van der Waals surface area contributed by atoms with E-state index < -0.39 is 0 Å². The summed E-state index contributed by atoms with van der Waals surface area (Å²) in [6, 6.07) is 8.15. The molecule has 0 unspecified atom stereocenters. The van der Waals surface area contributed by atoms with Gasteiger partial charge in [0.05, 0.1) is 14.3 Å². The number of nitrogens with two attached hydrogens (primary N) is 1. The Labute approximate surface area is 123 Å². The van der Waals surface area contributed by atoms with Crippen molar-refractivity contribution < 1.29 is 9.13 Å². The summed E-state index contributed by atoms with van der Waals surface area (Å²) in [5.74, 6) is 0.355. The Morgan fingerprint density at radius 3 is 2.67 bits per heavy atom. The largest absolute Gasteiger partial charge is 0.454 e. The first-order valence-corrected chi connectivity index (χ1v) is 6.61. The van der Waals surface area contributed by atoms with Crippen LogP contribution in [-0.4, -0.2) is 0 Å². The van der Waals surface area contributed by atoms with Crippen LogP contribution in [0, 0.1) is 16.3 Å². The minimum atomic E-state index is -0.372. The van der Waals surface area contributed by atoms with E-state index in [0.717, 1.165) is 5.56 Å². The van der Waals surface area contributed by atoms with Crippen LogP contribution in [0.15, 0.2) is 30.3 Å². The van der Waals surface area contributed by atoms with Crippen LogP contribution < -0.4 is 10.5 Å². The molecule has 0 atom stereocenters. The number of anilines is 1. The Morgan fingerprint density at radius 1 is 1.22 bits per heavy atom. The van der Waals surface area contributed by atoms with Crippen molar-refractivity contribution in [3.63, 3.8) is 0 Å². The Bertz CT molecular complexity index is 604. The molecule has 2 N–H and O–H groups in total. The molecule has 0 aliphatic carbocycles. The SMILES string of the molecule is Cc1ccc(Cl)c(Oc2cc(F)c(I)cc2N)c1. The average molecular weight is 378 g/mol. The summed E-state index contributed by atoms with van der Waals surface area (Å²) in [6.07, 6.45) is 0. The molecule has 0 saturated carbocycles. The standard InChI is InChI=1S/C13H10ClFINO/c1-7-2-3-8(14)12(4-7)18-13-5-9(15)10(16)6-11(13)17/h2-6H,17H2,1H3. The second-order valence-corrected chi connectivity index (χ2v) is 5.41. The molecule has 2 aromatic rings. The number of hydrogen-bond donors (Lipinski definition) is 1. The van der Waals surface area contributed by atoms with E-state index in [-0.39, 0.29) is 11.6 Å². The van der Waals surface area contributed by atoms with Crippen LogP contribution in [0.3, 0.4) is 0 Å². The fourth-order valence-electron chi connectivity index (χ4n) is 1.44. The predicted octanol–water partition coefficient (Wildman–Crippen LogP) is 4.77. The van der Waals surface area contributed by atoms with Gasteiger partial charge in [-0.2, -0.15) is 0 Å². The van der Waals surface area contributed by atoms with Crippen LogP contribution in [-0.2, 0) is 0 Å². The van der Waals surface area contributed by atoms with Gasteiger partial charge in [-0.3, -0.25) is 0 Å². The van der Waals surface area contributed by atoms with Crippen molar-refractivity contribution in [2.75, 3.05) is 5.73 Å². The lowest BCUT2D eigenvalue weighted by Crippen LogP contribution is -1.95. The van der Waals surface area contributed by atoms with Crippen molar-refractivity contribution in [2.45, 2.75) is 6.92 Å². The van der Waals surface area contributed by atoms with Crippen molar-refractivity contribution in [1.82, 2.24) is 0 Å². The number of ether oxygens (including phenoxy) is 1. The molecule has 0 aromatic heterocycles. The second kappa shape index (κ2) is 5.32. The molecule has 18 heavy (non-hydrogen) atoms. The zero-order chi connectivity index (χ0) is 13.3. The van der Waals surface area contributed by atoms with E-state index in [1.807, 2.05) is 35.6 Å². The van der Waals surface area contributed by atoms with Crippen LogP contribution in [0.4, 0.5) is 10.1 Å². The number of nitrogen functional groups attached to an aromatic ring is 1. The van der Waals surface area contributed by atoms with Crippen molar-refractivity contribution >= 4 is 39.9 Å². The zero-order valence-corrected chi connectivity index (χ0v) is 12.4. The number of benzene rings is 2. The van der Waals surface area contributed by atoms with E-state index in [0.29, 0.717) is 20.0 Å². The maximum atomic E-state index is 13.5. The van der Waals surface area contributed by atoms with Crippen molar-refractivity contribution in [2.24, 2.45) is 0 Å². The second-order valence-electron chi connectivity index (χ2n) is 3.84. The van der Waals surface area contributed by atoms with Gasteiger partial charge in [0.2, 0.25) is 0 Å². The molecule has 2 aromatic carbocycles. The minimum absolute atomic E-state index is 0.264. The van der Waals surface area contributed by atoms with Crippen LogP contribution in [0.2, 0.25) is 5.02 Å². The van der Waals surface area contributed by atoms with Gasteiger partial charge in [0.1, 0.15) is 11.6 Å². The fraction of sp³-hybridized carbons (Fsp3) is 0.0769. The van der Waals surface area contributed by atoms with E-state index in [1.165, 1.54) is 12.1 Å². The molecule has 94 valence electrons. The normalized spacial score (nSPS) is 10.4. The fourth-order valence-corrected chi connectivity index (χ4v) is 2.09. The maximum Gasteiger partial charge on any atom is 0.153 e. The van der Waals surface area contributed by atoms with Crippen LogP contribution in [0.5, 0.6) is 11.5 Å². The number of hydrogen-bond acceptors (Lipinski definition) is 2. The summed E-state index contributed by atoms with van der Waals surface area (Å²) < 4.78 is 19.5. The van der Waals surface area contributed by atoms with Gasteiger partial charge in [-0.05, 0) is 53.3 Å². The van der Waals surface area contributed by atoms with Gasteiger partial charge in [0, 0.05) is 6.07 Å². The van der Waals surface area contributed by atoms with Gasteiger partial charge in [-0.15, -0.1) is 0 Å². The van der Waals surface area contributed by atoms with E-state index in [2.05, 4.69) is 0 Å². The molecule has 0 saturated heterocycles. The maximum absolute atomic E-state index is 13.5. The highest BCUT2D eigenvalue weighted by atomic mass is 127. The quantitative estimate of drug-likeness (QED) is 0.604. The van der Waals surface area contributed by atoms with Gasteiger partial charge in [0.15, 0.2) is 5.75 Å². The van der Waals surface area contributed by atoms with Gasteiger partial charge < -0.3 is 10.5 Å². The lowest BCUT2D eigenvalue weighted by Gasteiger charge is -2.11. The highest BCUT2D eigenvalue weighted by molar-refractivity contribution is 14.1. The van der Waals surface area contributed by atoms with Gasteiger partial charge in [0.25, 0.3) is 0 Å². The van der Waals surface area contributed by atoms with E-state index in [4.69, 9.17) is 22.1 Å². The smallest absolute Gasteiger partial charge is 0.153 e. The molecule has 0 amide bonds. The predicted molar refractivity (Wildman–Crippen MR) is 79.8 cm³/mol. The van der Waals surface area contributed by atoms with Crippen LogP contribution in [0.1, 0.15) is 5.56 Å². The third kappa shape index (κ3) is 2.87. The summed E-state index contributed by atoms with van der Waals surface area (Å²) >= 11 is 7.88. The molecule has 2 nitrogen and oxygen atoms in total. The molecular weight excluding hydrogens is 368 g/mol. The van der Waals surface area contributed by atoms with E-state index >= 15 is 0 Å². The molecule has 0 radical (unpaired) electrons. The molecule has 0 spiro atoms. The van der Waals surface area contributed by atoms with Gasteiger partial charge in [-0.25, -0.2) is 4.39 Å². The molecule has 0 fully saturated rings. The number of halogens is 3. The number of aryl methyl sites for hydroxylation is 1. The highest BCUT2D eigenvalue weighted by Crippen LogP contribution is 2.34. The number of rotatable bonds is 2. The Balaban J connectivity index is 2.40. The van der Waals surface area contributed by atoms with Crippen molar-refractivity contribution in [3.8, 4) is 11.5 Å². The van der Waals surface area contributed by atoms with Crippen LogP contribution >= 0.6 is 34.2 Å². The van der Waals surface area contributed by atoms with Gasteiger partial charge >= 0.3 is 0 Å². The average Bonchev–Trinajstić information content (AvgIpc) is 2.30. The molecule has 0 aliphatic heterocycles. The first kappa shape index (κ1) is 13.4. The van der Waals surface area contributed by atoms with E-state index in [1.54, 1.807) is 12.1 Å². The van der Waals surface area contributed by atoms with Crippen molar-refractivity contribution in [1.29, 1.82) is 0 Å². The first-order valence-electron chi connectivity index (χ1n) is 5.16. The zero-order valence-electron chi connectivity index (χ0n) is 9.51. The van der Waals surface area contributed by atoms with E-state index in [9.17, 15) is 4.39 Å². The molecule has 5 heteroatoms. The van der Waals surface area contributed by atoms with Crippen LogP contribution in [0.25, 0.3) is 0 Å². The third-order valence-electron chi connectivity index (χ3n) is 2.36. The summed E-state index contributed by atoms with van der Waals surface area (Å²) in [6.45, 7) is 1.92. The molecular formula is C13H10ClFINO. The molecule has 0 heterocycles. The lowest BCUT2D eigenvalue weighted by molar-refractivity contribution is 0.478. The first-order chi connectivity index (χ1) is 8.47. The minimum Gasteiger partial charge on any atom is -0.454 e. The van der Waals surface area contributed by atoms with Gasteiger partial charge in [-0.1, -0.05) is 17.7 Å². The third-order valence-corrected chi connectivity index (χ3v) is 3.50. The monoisotopic (exact) mass is 377 g/mol. The summed E-state index contributed by atoms with van der Waals surface area (Å²) in [5, 5.41) is 0.457. The Hall–Kier alpha value is -1.01. The Kier molecular flexibility index (Phi) is 3.97. The van der Waals surface area contributed by atoms with Crippen molar-refractivity contribution in [3.05, 3.63) is 50.3 Å². The summed E-state index contributed by atoms with van der Waals surface area (Å²) in [5.41, 5.74) is 7.16. The highest BCUT2D eigenvalue weighted by Gasteiger charge is 2.10. The summed E-state index contributed by atoms with van der Waals surface area (Å²) in [4.78, 5) is 0. The molecule has 2 rings (SSSR count). The molecule has 0 aliphatic rings. The lowest BCUT2D eigenvalue weighted by atomic mass is 10.2.